The first-order valence-corrected chi connectivity index (χ1v) is 11.3. The Labute approximate surface area is 198 Å². The summed E-state index contributed by atoms with van der Waals surface area (Å²) in [5.41, 5.74) is -0.721. The molecule has 2 nitrogen and oxygen atoms in total. The average molecular weight is 473 g/mol. The van der Waals surface area contributed by atoms with Crippen LogP contribution in [0.4, 0.5) is 17.6 Å². The van der Waals surface area contributed by atoms with Crippen molar-refractivity contribution in [1.82, 2.24) is 0 Å². The second kappa shape index (κ2) is 9.71. The molecule has 34 heavy (non-hydrogen) atoms. The molecule has 0 fully saturated rings. The van der Waals surface area contributed by atoms with Crippen molar-refractivity contribution in [2.45, 2.75) is 38.1 Å². The van der Waals surface area contributed by atoms with Crippen molar-refractivity contribution in [1.29, 1.82) is 0 Å². The smallest absolute Gasteiger partial charge is 0.166 e. The molecule has 0 aliphatic heterocycles. The van der Waals surface area contributed by atoms with Crippen LogP contribution in [0.5, 0.6) is 0 Å². The van der Waals surface area contributed by atoms with Gasteiger partial charge in [-0.3, -0.25) is 4.79 Å². The monoisotopic (exact) mass is 472 g/mol. The summed E-state index contributed by atoms with van der Waals surface area (Å²) in [6.07, 6.45) is -0.105. The molecule has 0 radical (unpaired) electrons. The summed E-state index contributed by atoms with van der Waals surface area (Å²) in [5, 5.41) is 0. The van der Waals surface area contributed by atoms with Crippen LogP contribution in [0.15, 0.2) is 60.7 Å². The lowest BCUT2D eigenvalue weighted by Crippen LogP contribution is -2.50. The Balaban J connectivity index is 2.35. The zero-order valence-corrected chi connectivity index (χ0v) is 20.1. The first kappa shape index (κ1) is 25.6. The van der Waals surface area contributed by atoms with Gasteiger partial charge in [0.15, 0.2) is 23.3 Å². The fourth-order valence-corrected chi connectivity index (χ4v) is 4.32. The van der Waals surface area contributed by atoms with E-state index in [4.69, 9.17) is 0 Å². The Morgan fingerprint density at radius 1 is 0.853 bits per heavy atom. The summed E-state index contributed by atoms with van der Waals surface area (Å²) in [6, 6.07) is 16.1. The van der Waals surface area contributed by atoms with E-state index in [1.165, 1.54) is 0 Å². The van der Waals surface area contributed by atoms with Gasteiger partial charge in [0, 0.05) is 24.5 Å². The Morgan fingerprint density at radius 2 is 1.35 bits per heavy atom. The van der Waals surface area contributed by atoms with E-state index in [1.54, 1.807) is 31.2 Å². The van der Waals surface area contributed by atoms with Crippen LogP contribution >= 0.6 is 0 Å². The molecule has 0 amide bonds. The van der Waals surface area contributed by atoms with Crippen LogP contribution in [0.3, 0.4) is 0 Å². The number of benzene rings is 3. The SMILES string of the molecule is CCC(=O)[C@](C[C@H](C)[N+](C)(C)C)(c1ccc(-c2ccccc2)cc1)c1c(F)c(F)cc(F)c1F. The molecule has 0 saturated carbocycles. The van der Waals surface area contributed by atoms with Crippen LogP contribution in [0.1, 0.15) is 37.8 Å². The lowest BCUT2D eigenvalue weighted by Gasteiger charge is -2.40. The minimum Gasteiger partial charge on any atom is -0.329 e. The second-order valence-electron chi connectivity index (χ2n) is 9.64. The van der Waals surface area contributed by atoms with Gasteiger partial charge >= 0.3 is 0 Å². The Morgan fingerprint density at radius 3 is 1.82 bits per heavy atom. The summed E-state index contributed by atoms with van der Waals surface area (Å²) < 4.78 is 59.7. The minimum absolute atomic E-state index is 0.0371. The molecule has 0 saturated heterocycles. The predicted molar refractivity (Wildman–Crippen MR) is 126 cm³/mol. The number of quaternary nitrogens is 1. The molecule has 6 heteroatoms. The van der Waals surface area contributed by atoms with Crippen molar-refractivity contribution in [3.63, 3.8) is 0 Å². The molecule has 0 N–H and O–H groups in total. The van der Waals surface area contributed by atoms with E-state index in [0.29, 0.717) is 10.0 Å². The van der Waals surface area contributed by atoms with Crippen molar-refractivity contribution in [3.05, 3.63) is 95.1 Å². The van der Waals surface area contributed by atoms with Crippen LogP contribution in [0, 0.1) is 23.3 Å². The largest absolute Gasteiger partial charge is 0.329 e. The van der Waals surface area contributed by atoms with Gasteiger partial charge in [0.1, 0.15) is 5.78 Å². The fourth-order valence-electron chi connectivity index (χ4n) is 4.32. The Bertz CT molecular complexity index is 1140. The molecule has 0 unspecified atom stereocenters. The highest BCUT2D eigenvalue weighted by Gasteiger charge is 2.49. The summed E-state index contributed by atoms with van der Waals surface area (Å²) in [7, 11) is 5.68. The standard InChI is InChI=1S/C28H30F4NO/c1-6-24(34)28(17-18(2)33(3,4)5,25-26(31)22(29)16-23(30)27(25)32)21-14-12-20(13-15-21)19-10-8-7-9-11-19/h7-16,18H,6,17H2,1-5H3/q+1/t18-,28-/m0/s1. The third-order valence-corrected chi connectivity index (χ3v) is 6.74. The molecule has 3 aromatic rings. The highest BCUT2D eigenvalue weighted by Crippen LogP contribution is 2.44. The zero-order valence-electron chi connectivity index (χ0n) is 20.1. The maximum Gasteiger partial charge on any atom is 0.166 e. The van der Waals surface area contributed by atoms with E-state index in [-0.39, 0.29) is 24.9 Å². The lowest BCUT2D eigenvalue weighted by atomic mass is 9.66. The fraction of sp³-hybridized carbons (Fsp3) is 0.321. The van der Waals surface area contributed by atoms with Crippen LogP contribution in [-0.2, 0) is 10.2 Å². The van der Waals surface area contributed by atoms with E-state index in [0.717, 1.165) is 11.1 Å². The summed E-state index contributed by atoms with van der Waals surface area (Å²) in [6.45, 7) is 3.43. The van der Waals surface area contributed by atoms with E-state index in [1.807, 2.05) is 58.4 Å². The lowest BCUT2D eigenvalue weighted by molar-refractivity contribution is -0.894. The maximum absolute atomic E-state index is 15.3. The highest BCUT2D eigenvalue weighted by molar-refractivity contribution is 5.94. The van der Waals surface area contributed by atoms with Crippen LogP contribution in [-0.4, -0.2) is 37.5 Å². The van der Waals surface area contributed by atoms with Crippen LogP contribution in [0.25, 0.3) is 11.1 Å². The molecule has 0 aliphatic carbocycles. The quantitative estimate of drug-likeness (QED) is 0.204. The molecular formula is C28H30F4NO+. The van der Waals surface area contributed by atoms with Gasteiger partial charge in [-0.25, -0.2) is 17.6 Å². The van der Waals surface area contributed by atoms with Crippen molar-refractivity contribution >= 4 is 5.78 Å². The molecule has 0 bridgehead atoms. The molecule has 3 aromatic carbocycles. The number of ketones is 1. The third kappa shape index (κ3) is 4.64. The number of carbonyl (C=O) groups is 1. The van der Waals surface area contributed by atoms with Gasteiger partial charge in [0.25, 0.3) is 0 Å². The van der Waals surface area contributed by atoms with Crippen molar-refractivity contribution in [2.75, 3.05) is 21.1 Å². The van der Waals surface area contributed by atoms with Crippen LogP contribution < -0.4 is 0 Å². The van der Waals surface area contributed by atoms with Crippen molar-refractivity contribution < 1.29 is 26.8 Å². The third-order valence-electron chi connectivity index (χ3n) is 6.74. The van der Waals surface area contributed by atoms with Gasteiger partial charge in [-0.05, 0) is 23.6 Å². The topological polar surface area (TPSA) is 17.1 Å². The summed E-state index contributed by atoms with van der Waals surface area (Å²) in [4.78, 5) is 13.6. The number of halogens is 4. The number of hydrogen-bond donors (Lipinski definition) is 0. The molecule has 180 valence electrons. The summed E-state index contributed by atoms with van der Waals surface area (Å²) >= 11 is 0. The first-order valence-electron chi connectivity index (χ1n) is 11.3. The van der Waals surface area contributed by atoms with Gasteiger partial charge in [-0.1, -0.05) is 61.5 Å². The number of nitrogens with zero attached hydrogens (tertiary/aromatic N) is 1. The minimum atomic E-state index is -1.91. The molecule has 0 heterocycles. The number of hydrogen-bond acceptors (Lipinski definition) is 1. The summed E-state index contributed by atoms with van der Waals surface area (Å²) in [5.74, 6) is -6.65. The van der Waals surface area contributed by atoms with E-state index < -0.39 is 40.0 Å². The number of Topliss-reactive ketones (excluding diaryl/α,β-unsaturated/α-hetero) is 1. The molecule has 3 rings (SSSR count). The molecule has 0 aromatic heterocycles. The van der Waals surface area contributed by atoms with E-state index >= 15 is 8.78 Å². The highest BCUT2D eigenvalue weighted by atomic mass is 19.2. The number of rotatable bonds is 8. The van der Waals surface area contributed by atoms with E-state index in [2.05, 4.69) is 0 Å². The van der Waals surface area contributed by atoms with Crippen molar-refractivity contribution in [3.8, 4) is 11.1 Å². The van der Waals surface area contributed by atoms with Gasteiger partial charge in [0.2, 0.25) is 0 Å². The zero-order chi connectivity index (χ0) is 25.3. The molecular weight excluding hydrogens is 442 g/mol. The van der Waals surface area contributed by atoms with Gasteiger partial charge in [-0.15, -0.1) is 0 Å². The molecule has 0 spiro atoms. The van der Waals surface area contributed by atoms with Gasteiger partial charge in [-0.2, -0.15) is 0 Å². The molecule has 2 atom stereocenters. The van der Waals surface area contributed by atoms with Gasteiger partial charge in [0.05, 0.1) is 32.6 Å². The van der Waals surface area contributed by atoms with Gasteiger partial charge < -0.3 is 4.48 Å². The van der Waals surface area contributed by atoms with Crippen molar-refractivity contribution in [2.24, 2.45) is 0 Å². The normalized spacial score (nSPS) is 14.5. The van der Waals surface area contributed by atoms with E-state index in [9.17, 15) is 13.6 Å². The maximum atomic E-state index is 15.3. The Kier molecular flexibility index (Phi) is 7.32. The molecule has 0 aliphatic rings. The van der Waals surface area contributed by atoms with Crippen LogP contribution in [0.2, 0.25) is 0 Å². The second-order valence-corrected chi connectivity index (χ2v) is 9.64. The first-order chi connectivity index (χ1) is 15.9. The number of carbonyl (C=O) groups excluding carboxylic acids is 1. The predicted octanol–water partition coefficient (Wildman–Crippen LogP) is 6.66. The Hall–Kier alpha value is -2.99. The average Bonchev–Trinajstić information content (AvgIpc) is 2.81.